The van der Waals surface area contributed by atoms with Gasteiger partial charge in [0.1, 0.15) is 0 Å². The van der Waals surface area contributed by atoms with Crippen LogP contribution in [0, 0.1) is 10.1 Å². The van der Waals surface area contributed by atoms with Gasteiger partial charge in [-0.05, 0) is 0 Å². The fourth-order valence-electron chi connectivity index (χ4n) is 0.971. The van der Waals surface area contributed by atoms with E-state index in [0.29, 0.717) is 0 Å². The summed E-state index contributed by atoms with van der Waals surface area (Å²) >= 11 is 0. The monoisotopic (exact) mass is 201 g/mol. The lowest BCUT2D eigenvalue weighted by Gasteiger charge is -2.19. The highest BCUT2D eigenvalue weighted by atomic mass is 16.8. The number of hydrogen-bond donors (Lipinski definition) is 0. The Morgan fingerprint density at radius 1 is 1.79 bits per heavy atom. The minimum absolute atomic E-state index is 0.189. The SMILES string of the molecule is CC(=O)OC1(C=O)C=CC([N+](=O)[O-])O1. The molecule has 0 aromatic rings. The second kappa shape index (κ2) is 3.54. The summed E-state index contributed by atoms with van der Waals surface area (Å²) in [5, 5.41) is 10.3. The Morgan fingerprint density at radius 2 is 2.43 bits per heavy atom. The fraction of sp³-hybridized carbons (Fsp3) is 0.429. The third-order valence-corrected chi connectivity index (χ3v) is 1.47. The van der Waals surface area contributed by atoms with E-state index in [1.54, 1.807) is 0 Å². The van der Waals surface area contributed by atoms with Crippen LogP contribution in [0.5, 0.6) is 0 Å². The number of carbonyl (C=O) groups is 2. The number of nitrogens with zero attached hydrogens (tertiary/aromatic N) is 1. The van der Waals surface area contributed by atoms with E-state index in [9.17, 15) is 19.7 Å². The lowest BCUT2D eigenvalue weighted by atomic mass is 10.3. The number of hydrogen-bond acceptors (Lipinski definition) is 6. The zero-order chi connectivity index (χ0) is 10.8. The van der Waals surface area contributed by atoms with Crippen LogP contribution in [0.25, 0.3) is 0 Å². The van der Waals surface area contributed by atoms with E-state index in [4.69, 9.17) is 0 Å². The Morgan fingerprint density at radius 3 is 2.79 bits per heavy atom. The molecule has 0 saturated heterocycles. The lowest BCUT2D eigenvalue weighted by molar-refractivity contribution is -0.567. The average molecular weight is 201 g/mol. The molecule has 2 atom stereocenters. The topological polar surface area (TPSA) is 95.7 Å². The molecule has 0 bridgehead atoms. The standard InChI is InChI=1S/C7H7NO6/c1-5(10)13-7(4-9)3-2-6(14-7)8(11)12/h2-4,6H,1H3. The molecule has 1 aliphatic rings. The minimum Gasteiger partial charge on any atom is -0.422 e. The van der Waals surface area contributed by atoms with E-state index >= 15 is 0 Å². The third-order valence-electron chi connectivity index (χ3n) is 1.47. The van der Waals surface area contributed by atoms with Gasteiger partial charge in [0.25, 0.3) is 5.79 Å². The Hall–Kier alpha value is -1.76. The maximum Gasteiger partial charge on any atom is 0.339 e. The third kappa shape index (κ3) is 1.94. The average Bonchev–Trinajstić information content (AvgIpc) is 2.49. The summed E-state index contributed by atoms with van der Waals surface area (Å²) in [5.41, 5.74) is 0. The van der Waals surface area contributed by atoms with Crippen LogP contribution in [0.4, 0.5) is 0 Å². The summed E-state index contributed by atoms with van der Waals surface area (Å²) in [7, 11) is 0. The normalized spacial score (nSPS) is 29.9. The lowest BCUT2D eigenvalue weighted by Crippen LogP contribution is -2.38. The van der Waals surface area contributed by atoms with Gasteiger partial charge in [-0.15, -0.1) is 0 Å². The van der Waals surface area contributed by atoms with Crippen LogP contribution >= 0.6 is 0 Å². The van der Waals surface area contributed by atoms with Crippen LogP contribution < -0.4 is 0 Å². The van der Waals surface area contributed by atoms with E-state index in [1.807, 2.05) is 0 Å². The van der Waals surface area contributed by atoms with Crippen molar-refractivity contribution in [3.8, 4) is 0 Å². The quantitative estimate of drug-likeness (QED) is 0.203. The predicted molar refractivity (Wildman–Crippen MR) is 41.6 cm³/mol. The number of aldehydes is 1. The van der Waals surface area contributed by atoms with Gasteiger partial charge < -0.3 is 4.74 Å². The molecular weight excluding hydrogens is 194 g/mol. The van der Waals surface area contributed by atoms with Crippen molar-refractivity contribution in [3.63, 3.8) is 0 Å². The van der Waals surface area contributed by atoms with E-state index in [0.717, 1.165) is 19.1 Å². The molecule has 0 aromatic carbocycles. The first-order valence-electron chi connectivity index (χ1n) is 3.66. The van der Waals surface area contributed by atoms with Crippen molar-refractivity contribution in [1.29, 1.82) is 0 Å². The summed E-state index contributed by atoms with van der Waals surface area (Å²) in [4.78, 5) is 30.7. The van der Waals surface area contributed by atoms with Gasteiger partial charge in [-0.1, -0.05) is 0 Å². The zero-order valence-corrected chi connectivity index (χ0v) is 7.21. The first kappa shape index (κ1) is 10.3. The van der Waals surface area contributed by atoms with E-state index in [-0.39, 0.29) is 6.29 Å². The maximum atomic E-state index is 10.6. The van der Waals surface area contributed by atoms with Crippen LogP contribution in [0.1, 0.15) is 6.92 Å². The predicted octanol–water partition coefficient (Wildman–Crippen LogP) is -0.366. The summed E-state index contributed by atoms with van der Waals surface area (Å²) in [6.45, 7) is 1.07. The number of ether oxygens (including phenoxy) is 2. The molecule has 7 heteroatoms. The van der Waals surface area contributed by atoms with Gasteiger partial charge in [0, 0.05) is 19.1 Å². The highest BCUT2D eigenvalue weighted by Crippen LogP contribution is 2.23. The van der Waals surface area contributed by atoms with Crippen molar-refractivity contribution < 1.29 is 24.0 Å². The maximum absolute atomic E-state index is 10.6. The molecule has 1 heterocycles. The van der Waals surface area contributed by atoms with Gasteiger partial charge in [-0.25, -0.2) is 0 Å². The highest BCUT2D eigenvalue weighted by Gasteiger charge is 2.43. The van der Waals surface area contributed by atoms with Crippen LogP contribution in [-0.2, 0) is 19.1 Å². The van der Waals surface area contributed by atoms with Crippen molar-refractivity contribution >= 4 is 12.3 Å². The molecule has 0 spiro atoms. The van der Waals surface area contributed by atoms with E-state index in [2.05, 4.69) is 9.47 Å². The first-order valence-corrected chi connectivity index (χ1v) is 3.66. The van der Waals surface area contributed by atoms with Crippen LogP contribution in [0.15, 0.2) is 12.2 Å². The van der Waals surface area contributed by atoms with Gasteiger partial charge in [0.2, 0.25) is 0 Å². The summed E-state index contributed by atoms with van der Waals surface area (Å²) < 4.78 is 9.16. The van der Waals surface area contributed by atoms with Crippen molar-refractivity contribution in [2.75, 3.05) is 0 Å². The van der Waals surface area contributed by atoms with Gasteiger partial charge >= 0.3 is 12.2 Å². The molecule has 1 aliphatic heterocycles. The molecule has 0 N–H and O–H groups in total. The van der Waals surface area contributed by atoms with Crippen molar-refractivity contribution in [2.45, 2.75) is 18.9 Å². The van der Waals surface area contributed by atoms with Gasteiger partial charge in [0.05, 0.1) is 4.92 Å². The Bertz CT molecular complexity index is 311. The Labute approximate surface area is 78.4 Å². The molecular formula is C7H7NO6. The first-order chi connectivity index (χ1) is 6.49. The largest absolute Gasteiger partial charge is 0.422 e. The number of nitro groups is 1. The molecule has 0 amide bonds. The Kier molecular flexibility index (Phi) is 2.61. The van der Waals surface area contributed by atoms with E-state index < -0.39 is 22.9 Å². The molecule has 1 rings (SSSR count). The number of rotatable bonds is 3. The molecule has 0 aromatic heterocycles. The molecule has 7 nitrogen and oxygen atoms in total. The van der Waals surface area contributed by atoms with Crippen molar-refractivity contribution in [3.05, 3.63) is 22.3 Å². The zero-order valence-electron chi connectivity index (χ0n) is 7.21. The molecule has 0 fully saturated rings. The Balaban J connectivity index is 2.77. The smallest absolute Gasteiger partial charge is 0.339 e. The minimum atomic E-state index is -1.94. The van der Waals surface area contributed by atoms with Gasteiger partial charge in [0.15, 0.2) is 6.29 Å². The summed E-state index contributed by atoms with van der Waals surface area (Å²) in [6.07, 6.45) is 0.806. The molecule has 0 aliphatic carbocycles. The van der Waals surface area contributed by atoms with Crippen LogP contribution in [-0.4, -0.2) is 29.2 Å². The van der Waals surface area contributed by atoms with E-state index in [1.165, 1.54) is 0 Å². The second-order valence-corrected chi connectivity index (χ2v) is 2.59. The highest BCUT2D eigenvalue weighted by molar-refractivity contribution is 5.73. The summed E-state index contributed by atoms with van der Waals surface area (Å²) in [5.74, 6) is -2.70. The molecule has 0 saturated carbocycles. The van der Waals surface area contributed by atoms with Crippen LogP contribution in [0.3, 0.4) is 0 Å². The summed E-state index contributed by atoms with van der Waals surface area (Å²) in [6, 6.07) is 0. The van der Waals surface area contributed by atoms with Crippen molar-refractivity contribution in [2.24, 2.45) is 0 Å². The van der Waals surface area contributed by atoms with Crippen molar-refractivity contribution in [1.82, 2.24) is 0 Å². The van der Waals surface area contributed by atoms with Gasteiger partial charge in [-0.2, -0.15) is 0 Å². The molecule has 0 radical (unpaired) electrons. The number of carbonyl (C=O) groups excluding carboxylic acids is 2. The molecule has 2 unspecified atom stereocenters. The van der Waals surface area contributed by atoms with Gasteiger partial charge in [-0.3, -0.25) is 24.4 Å². The van der Waals surface area contributed by atoms with Crippen LogP contribution in [0.2, 0.25) is 0 Å². The molecule has 76 valence electrons. The molecule has 14 heavy (non-hydrogen) atoms. The second-order valence-electron chi connectivity index (χ2n) is 2.59. The number of esters is 1. The fourth-order valence-corrected chi connectivity index (χ4v) is 0.971.